The number of halogens is 23. The van der Waals surface area contributed by atoms with Crippen LogP contribution in [0.5, 0.6) is 0 Å². The molecule has 1 unspecified atom stereocenters. The zero-order chi connectivity index (χ0) is 40.0. The van der Waals surface area contributed by atoms with Crippen LogP contribution < -0.4 is 0 Å². The van der Waals surface area contributed by atoms with Gasteiger partial charge in [-0.2, -0.15) is 87.8 Å². The first kappa shape index (κ1) is 48.4. The third-order valence-electron chi connectivity index (χ3n) is 7.09. The van der Waals surface area contributed by atoms with Crippen LogP contribution in [0.25, 0.3) is 0 Å². The second kappa shape index (κ2) is 13.8. The molecule has 0 bridgehead atoms. The summed E-state index contributed by atoms with van der Waals surface area (Å²) in [5.74, 6) is -90.0. The molecule has 0 aliphatic rings. The Kier molecular flexibility index (Phi) is 13.9. The molecule has 0 aromatic heterocycles. The minimum Gasteiger partial charge on any atom is -0.746 e. The monoisotopic (exact) mass is 793 g/mol. The maximum absolute atomic E-state index is 13.5. The van der Waals surface area contributed by atoms with Gasteiger partial charge in [-0.3, -0.25) is 0 Å². The van der Waals surface area contributed by atoms with Crippen LogP contribution in [0.4, 0.5) is 101 Å². The summed E-state index contributed by atoms with van der Waals surface area (Å²) in [6.07, 6.45) is -6.28. The fourth-order valence-electron chi connectivity index (χ4n) is 3.40. The fraction of sp³-hybridized carbons (Fsp3) is 1.00. The molecule has 0 amide bonds. The lowest BCUT2D eigenvalue weighted by atomic mass is 9.85. The molecular weight excluding hydrogens is 771 g/mol. The summed E-state index contributed by atoms with van der Waals surface area (Å²) in [5, 5.41) is 0. The van der Waals surface area contributed by atoms with E-state index in [1.807, 2.05) is 0 Å². The summed E-state index contributed by atoms with van der Waals surface area (Å²) in [6, 6.07) is 0. The van der Waals surface area contributed by atoms with Gasteiger partial charge in [0.1, 0.15) is 10.1 Å². The van der Waals surface area contributed by atoms with E-state index in [4.69, 9.17) is 0 Å². The molecule has 0 radical (unpaired) electrons. The van der Waals surface area contributed by atoms with Crippen LogP contribution in [0.2, 0.25) is 0 Å². The van der Waals surface area contributed by atoms with Gasteiger partial charge < -0.3 is 9.04 Å². The Morgan fingerprint density at radius 3 is 0.771 bits per heavy atom. The predicted octanol–water partition coefficient (Wildman–Crippen LogP) is 8.33. The Morgan fingerprint density at radius 1 is 0.438 bits per heavy atom. The van der Waals surface area contributed by atoms with Gasteiger partial charge in [0.05, 0.1) is 26.2 Å². The van der Waals surface area contributed by atoms with Crippen LogP contribution in [0.1, 0.15) is 27.7 Å². The molecule has 4 nitrogen and oxygen atoms in total. The van der Waals surface area contributed by atoms with E-state index in [0.29, 0.717) is 0 Å². The molecular formula is C20H22F23NO3S. The summed E-state index contributed by atoms with van der Waals surface area (Å²) in [4.78, 5) is 0. The first-order valence-electron chi connectivity index (χ1n) is 12.1. The highest BCUT2D eigenvalue weighted by Gasteiger charge is 2.98. The minimum atomic E-state index is -9.53. The molecule has 28 heteroatoms. The zero-order valence-corrected chi connectivity index (χ0v) is 24.6. The van der Waals surface area contributed by atoms with Crippen LogP contribution >= 0.6 is 0 Å². The lowest BCUT2D eigenvalue weighted by Gasteiger charge is -2.45. The van der Waals surface area contributed by atoms with Crippen molar-refractivity contribution in [1.29, 1.82) is 0 Å². The topological polar surface area (TPSA) is 57.2 Å². The third-order valence-corrected chi connectivity index (χ3v) is 7.90. The summed E-state index contributed by atoms with van der Waals surface area (Å²) in [5.41, 5.74) is -6.35. The number of nitrogens with zero attached hydrogens (tertiary/aromatic N) is 1. The number of hydrogen-bond donors (Lipinski definition) is 0. The maximum Gasteiger partial charge on any atom is 0.385 e. The molecule has 0 fully saturated rings. The van der Waals surface area contributed by atoms with Gasteiger partial charge in [-0.25, -0.2) is 21.6 Å². The van der Waals surface area contributed by atoms with Gasteiger partial charge in [0.2, 0.25) is 0 Å². The largest absolute Gasteiger partial charge is 0.746 e. The van der Waals surface area contributed by atoms with E-state index in [2.05, 4.69) is 27.7 Å². The summed E-state index contributed by atoms with van der Waals surface area (Å²) < 4.78 is 333. The van der Waals surface area contributed by atoms with Gasteiger partial charge in [-0.1, -0.05) is 0 Å². The van der Waals surface area contributed by atoms with Crippen LogP contribution in [0.15, 0.2) is 0 Å². The predicted molar refractivity (Wildman–Crippen MR) is 112 cm³/mol. The Morgan fingerprint density at radius 2 is 0.625 bits per heavy atom. The Hall–Kier alpha value is -1.74. The average molecular weight is 793 g/mol. The number of rotatable bonds is 16. The number of hydrogen-bond acceptors (Lipinski definition) is 3. The summed E-state index contributed by atoms with van der Waals surface area (Å²) in [6.45, 7) is 14.2. The molecule has 0 rings (SSSR count). The fourth-order valence-corrected chi connectivity index (χ4v) is 3.91. The van der Waals surface area contributed by atoms with Gasteiger partial charge in [0.25, 0.3) is 5.50 Å². The van der Waals surface area contributed by atoms with Crippen LogP contribution in [-0.4, -0.2) is 115 Å². The molecule has 0 saturated carbocycles. The van der Waals surface area contributed by atoms with Crippen molar-refractivity contribution in [2.45, 2.75) is 98.8 Å². The Balaban J connectivity index is 0. The van der Waals surface area contributed by atoms with Gasteiger partial charge >= 0.3 is 65.7 Å². The minimum absolute atomic E-state index is 1.28. The first-order chi connectivity index (χ1) is 20.6. The lowest BCUT2D eigenvalue weighted by Crippen LogP contribution is -2.77. The second-order valence-electron chi connectivity index (χ2n) is 9.56. The summed E-state index contributed by atoms with van der Waals surface area (Å²) in [7, 11) is -7.69. The van der Waals surface area contributed by atoms with Crippen LogP contribution in [0.3, 0.4) is 0 Å². The zero-order valence-electron chi connectivity index (χ0n) is 23.8. The quantitative estimate of drug-likeness (QED) is 0.0898. The normalized spacial score (nSPS) is 16.5. The summed E-state index contributed by atoms with van der Waals surface area (Å²) >= 11 is 0. The molecule has 0 saturated heterocycles. The highest BCUT2D eigenvalue weighted by atomic mass is 32.2. The molecule has 0 heterocycles. The smallest absolute Gasteiger partial charge is 0.385 e. The number of alkyl halides is 23. The van der Waals surface area contributed by atoms with Gasteiger partial charge in [-0.15, -0.1) is 0 Å². The molecule has 0 aromatic carbocycles. The molecule has 0 aromatic rings. The maximum atomic E-state index is 13.5. The van der Waals surface area contributed by atoms with Crippen molar-refractivity contribution >= 4 is 10.1 Å². The SMILES string of the molecule is CC[N+](CC)(CC)CC.O=S(=O)([O-])C(F)C(F)(F)C(F)(F)C(F)(F)C(F)(F)C(F)(F)C(F)(F)C(F)(F)C(F)(F)C(F)(F)C(F)(F)C(F)F. The Labute approximate surface area is 254 Å². The van der Waals surface area contributed by atoms with Crippen molar-refractivity contribution in [2.75, 3.05) is 26.2 Å². The van der Waals surface area contributed by atoms with E-state index in [-0.39, 0.29) is 0 Å². The van der Waals surface area contributed by atoms with E-state index in [1.54, 1.807) is 0 Å². The van der Waals surface area contributed by atoms with Crippen molar-refractivity contribution in [3.05, 3.63) is 0 Å². The Bertz CT molecular complexity index is 1170. The van der Waals surface area contributed by atoms with E-state index >= 15 is 0 Å². The van der Waals surface area contributed by atoms with Gasteiger partial charge in [0, 0.05) is 0 Å². The molecule has 0 aliphatic heterocycles. The highest BCUT2D eigenvalue weighted by Crippen LogP contribution is 2.66. The van der Waals surface area contributed by atoms with Crippen molar-refractivity contribution in [3.63, 3.8) is 0 Å². The molecule has 48 heavy (non-hydrogen) atoms. The second-order valence-corrected chi connectivity index (χ2v) is 11.0. The van der Waals surface area contributed by atoms with Crippen molar-refractivity contribution in [3.8, 4) is 0 Å². The van der Waals surface area contributed by atoms with E-state index in [0.717, 1.165) is 0 Å². The van der Waals surface area contributed by atoms with E-state index in [9.17, 15) is 114 Å². The van der Waals surface area contributed by atoms with Crippen molar-refractivity contribution in [2.24, 2.45) is 0 Å². The highest BCUT2D eigenvalue weighted by molar-refractivity contribution is 7.86. The van der Waals surface area contributed by atoms with Gasteiger partial charge in [0.15, 0.2) is 0 Å². The van der Waals surface area contributed by atoms with Crippen LogP contribution in [-0.2, 0) is 10.1 Å². The molecule has 0 aliphatic carbocycles. The third kappa shape index (κ3) is 6.94. The van der Waals surface area contributed by atoms with Gasteiger partial charge in [-0.05, 0) is 27.7 Å². The molecule has 0 N–H and O–H groups in total. The van der Waals surface area contributed by atoms with Crippen LogP contribution in [0, 0.1) is 0 Å². The van der Waals surface area contributed by atoms with Crippen molar-refractivity contribution in [1.82, 2.24) is 0 Å². The standard InChI is InChI=1S/C12H3F23O3S.C8H20N/c13-1(14)3(16,17)5(20,21)7(24,25)9(28,29)11(32,33)12(34,35)10(30,31)8(26,27)6(22,23)4(18,19)2(15)39(36,37)38;1-5-9(6-2,7-3)8-4/h1-2H,(H,36,37,38);5-8H2,1-4H3/q;+1/p-1. The first-order valence-corrected chi connectivity index (χ1v) is 13.6. The lowest BCUT2D eigenvalue weighted by molar-refractivity contribution is -0.921. The average Bonchev–Trinajstić information content (AvgIpc) is 2.92. The van der Waals surface area contributed by atoms with Crippen molar-refractivity contribution < 1.29 is 118 Å². The van der Waals surface area contributed by atoms with E-state index < -0.39 is 81.3 Å². The molecule has 1 atom stereocenters. The van der Waals surface area contributed by atoms with E-state index in [1.165, 1.54) is 30.7 Å². The molecule has 292 valence electrons. The molecule has 0 spiro atoms. The number of quaternary nitrogens is 1.